The molecule has 4 nitrogen and oxygen atoms in total. The molecule has 1 aromatic heterocycles. The van der Waals surface area contributed by atoms with E-state index in [1.54, 1.807) is 24.3 Å². The van der Waals surface area contributed by atoms with Crippen LogP contribution >= 0.6 is 11.6 Å². The van der Waals surface area contributed by atoms with Gasteiger partial charge in [0.25, 0.3) is 11.6 Å². The van der Waals surface area contributed by atoms with Gasteiger partial charge >= 0.3 is 6.18 Å². The number of aromatic nitrogens is 1. The van der Waals surface area contributed by atoms with Crippen LogP contribution < -0.4 is 10.0 Å². The third-order valence-electron chi connectivity index (χ3n) is 3.82. The van der Waals surface area contributed by atoms with Gasteiger partial charge in [0.1, 0.15) is 5.02 Å². The minimum atomic E-state index is -4.43. The number of rotatable bonds is 3. The van der Waals surface area contributed by atoms with Gasteiger partial charge in [0.15, 0.2) is 0 Å². The summed E-state index contributed by atoms with van der Waals surface area (Å²) < 4.78 is 38.6. The Morgan fingerprint density at radius 1 is 1.00 bits per heavy atom. The van der Waals surface area contributed by atoms with E-state index in [0.717, 1.165) is 16.9 Å². The van der Waals surface area contributed by atoms with E-state index < -0.39 is 17.6 Å². The zero-order chi connectivity index (χ0) is 19.6. The van der Waals surface area contributed by atoms with E-state index in [2.05, 4.69) is 5.32 Å². The zero-order valence-corrected chi connectivity index (χ0v) is 14.4. The van der Waals surface area contributed by atoms with Crippen molar-refractivity contribution in [2.75, 3.05) is 5.32 Å². The summed E-state index contributed by atoms with van der Waals surface area (Å²) in [6, 6.07) is 13.6. The van der Waals surface area contributed by atoms with Gasteiger partial charge in [-0.15, -0.1) is 0 Å². The van der Waals surface area contributed by atoms with Crippen molar-refractivity contribution in [1.29, 1.82) is 0 Å². The first-order chi connectivity index (χ1) is 12.8. The fraction of sp³-hybridized carbons (Fsp3) is 0.0526. The molecule has 0 aliphatic carbocycles. The van der Waals surface area contributed by atoms with Gasteiger partial charge in [0.05, 0.1) is 11.1 Å². The third-order valence-corrected chi connectivity index (χ3v) is 4.12. The van der Waals surface area contributed by atoms with E-state index in [-0.39, 0.29) is 5.69 Å². The molecule has 1 amide bonds. The number of carbonyl (C=O) groups is 1. The molecule has 1 heterocycles. The second kappa shape index (κ2) is 7.28. The summed E-state index contributed by atoms with van der Waals surface area (Å²) in [6.45, 7) is 0. The molecular formula is C19H13ClF3N2O2+. The van der Waals surface area contributed by atoms with Gasteiger partial charge in [-0.05, 0) is 54.6 Å². The van der Waals surface area contributed by atoms with Gasteiger partial charge in [-0.1, -0.05) is 11.6 Å². The first kappa shape index (κ1) is 18.7. The highest BCUT2D eigenvalue weighted by molar-refractivity contribution is 6.32. The van der Waals surface area contributed by atoms with E-state index in [9.17, 15) is 23.2 Å². The van der Waals surface area contributed by atoms with Crippen molar-refractivity contribution in [3.63, 3.8) is 0 Å². The molecule has 2 aromatic carbocycles. The van der Waals surface area contributed by atoms with Crippen LogP contribution in [0.3, 0.4) is 0 Å². The Balaban J connectivity index is 1.76. The maximum absolute atomic E-state index is 12.6. The number of amides is 1. The number of nitrogens with one attached hydrogen (secondary N) is 1. The second-order valence-corrected chi connectivity index (χ2v) is 6.06. The predicted octanol–water partition coefficient (Wildman–Crippen LogP) is 4.80. The standard InChI is InChI=1S/C19H12ClF3N2O2/c20-16-2-1-11-25(27)17(16)12-3-5-13(6-4-12)18(26)24-15-9-7-14(8-10-15)19(21,22)23/h1-11H,(H-,24,26,27)/p+1. The highest BCUT2D eigenvalue weighted by Gasteiger charge is 2.30. The molecule has 0 radical (unpaired) electrons. The molecule has 0 saturated carbocycles. The van der Waals surface area contributed by atoms with Gasteiger partial charge in [0.2, 0.25) is 6.20 Å². The topological polar surface area (TPSA) is 53.2 Å². The SMILES string of the molecule is O=C(Nc1ccc(C(F)(F)F)cc1)c1ccc(-c2c(Cl)ccc[n+]2O)cc1. The van der Waals surface area contributed by atoms with Crippen LogP contribution in [0.25, 0.3) is 11.3 Å². The Morgan fingerprint density at radius 2 is 1.63 bits per heavy atom. The smallest absolute Gasteiger partial charge is 0.322 e. The van der Waals surface area contributed by atoms with Crippen LogP contribution in [0.5, 0.6) is 0 Å². The molecule has 0 fully saturated rings. The number of nitrogens with zero attached hydrogens (tertiary/aromatic N) is 1. The lowest BCUT2D eigenvalue weighted by atomic mass is 10.1. The van der Waals surface area contributed by atoms with Crippen molar-refractivity contribution < 1.29 is 27.9 Å². The molecule has 8 heteroatoms. The number of anilines is 1. The first-order valence-corrected chi connectivity index (χ1v) is 8.12. The van der Waals surface area contributed by atoms with Gasteiger partial charge in [-0.2, -0.15) is 13.2 Å². The summed E-state index contributed by atoms with van der Waals surface area (Å²) >= 11 is 6.08. The fourth-order valence-corrected chi connectivity index (χ4v) is 2.74. The molecule has 3 aromatic rings. The maximum atomic E-state index is 12.6. The molecule has 0 bridgehead atoms. The number of hydrogen-bond acceptors (Lipinski definition) is 2. The Hall–Kier alpha value is -3.06. The van der Waals surface area contributed by atoms with E-state index in [1.807, 2.05) is 0 Å². The van der Waals surface area contributed by atoms with Crippen LogP contribution in [0.1, 0.15) is 15.9 Å². The van der Waals surface area contributed by atoms with Crippen molar-refractivity contribution in [2.24, 2.45) is 0 Å². The van der Waals surface area contributed by atoms with Crippen molar-refractivity contribution >= 4 is 23.2 Å². The third kappa shape index (κ3) is 4.20. The number of pyridine rings is 1. The molecular weight excluding hydrogens is 381 g/mol. The average Bonchev–Trinajstić information content (AvgIpc) is 2.62. The normalized spacial score (nSPS) is 11.3. The van der Waals surface area contributed by atoms with Gasteiger partial charge < -0.3 is 5.32 Å². The molecule has 0 atom stereocenters. The summed E-state index contributed by atoms with van der Waals surface area (Å²) in [5.74, 6) is -0.475. The minimum absolute atomic E-state index is 0.247. The Kier molecular flexibility index (Phi) is 5.05. The fourth-order valence-electron chi connectivity index (χ4n) is 2.47. The molecule has 27 heavy (non-hydrogen) atoms. The number of hydrogen-bond donors (Lipinski definition) is 2. The lowest BCUT2D eigenvalue weighted by Crippen LogP contribution is -2.32. The molecule has 138 valence electrons. The highest BCUT2D eigenvalue weighted by atomic mass is 35.5. The van der Waals surface area contributed by atoms with E-state index in [0.29, 0.717) is 21.8 Å². The Labute approximate surface area is 157 Å². The summed E-state index contributed by atoms with van der Waals surface area (Å²) in [5.41, 5.74) is 0.719. The molecule has 0 aliphatic heterocycles. The van der Waals surface area contributed by atoms with Crippen molar-refractivity contribution in [3.8, 4) is 11.3 Å². The van der Waals surface area contributed by atoms with Crippen LogP contribution in [-0.2, 0) is 6.18 Å². The van der Waals surface area contributed by atoms with E-state index >= 15 is 0 Å². The summed E-state index contributed by atoms with van der Waals surface area (Å²) in [4.78, 5) is 12.3. The molecule has 0 spiro atoms. The molecule has 2 N–H and O–H groups in total. The number of halogens is 4. The molecule has 0 unspecified atom stereocenters. The van der Waals surface area contributed by atoms with Crippen molar-refractivity contribution in [1.82, 2.24) is 0 Å². The van der Waals surface area contributed by atoms with Crippen molar-refractivity contribution in [3.05, 3.63) is 83.0 Å². The zero-order valence-electron chi connectivity index (χ0n) is 13.7. The average molecular weight is 394 g/mol. The van der Waals surface area contributed by atoms with Crippen LogP contribution in [-0.4, -0.2) is 11.1 Å². The number of benzene rings is 2. The summed E-state index contributed by atoms with van der Waals surface area (Å²) in [5, 5.41) is 12.7. The van der Waals surface area contributed by atoms with Gasteiger partial charge in [0, 0.05) is 22.0 Å². The van der Waals surface area contributed by atoms with E-state index in [1.165, 1.54) is 30.5 Å². The Bertz CT molecular complexity index is 951. The van der Waals surface area contributed by atoms with Gasteiger partial charge in [-0.25, -0.2) is 0 Å². The van der Waals surface area contributed by atoms with Crippen LogP contribution in [0.2, 0.25) is 5.02 Å². The highest BCUT2D eigenvalue weighted by Crippen LogP contribution is 2.30. The minimum Gasteiger partial charge on any atom is -0.322 e. The summed E-state index contributed by atoms with van der Waals surface area (Å²) in [7, 11) is 0. The van der Waals surface area contributed by atoms with Crippen LogP contribution in [0.4, 0.5) is 18.9 Å². The van der Waals surface area contributed by atoms with E-state index in [4.69, 9.17) is 11.6 Å². The second-order valence-electron chi connectivity index (χ2n) is 5.66. The monoisotopic (exact) mass is 393 g/mol. The lowest BCUT2D eigenvalue weighted by Gasteiger charge is -2.09. The first-order valence-electron chi connectivity index (χ1n) is 7.74. The Morgan fingerprint density at radius 3 is 2.19 bits per heavy atom. The lowest BCUT2D eigenvalue weighted by molar-refractivity contribution is -0.896. The predicted molar refractivity (Wildman–Crippen MR) is 93.7 cm³/mol. The molecule has 3 rings (SSSR count). The quantitative estimate of drug-likeness (QED) is 0.496. The van der Waals surface area contributed by atoms with Crippen LogP contribution in [0.15, 0.2) is 66.9 Å². The number of carbonyl (C=O) groups excluding carboxylic acids is 1. The maximum Gasteiger partial charge on any atom is 0.416 e. The molecule has 0 saturated heterocycles. The van der Waals surface area contributed by atoms with Crippen molar-refractivity contribution in [2.45, 2.75) is 6.18 Å². The largest absolute Gasteiger partial charge is 0.416 e. The summed E-state index contributed by atoms with van der Waals surface area (Å²) in [6.07, 6.45) is -3.01. The molecule has 0 aliphatic rings. The van der Waals surface area contributed by atoms with Gasteiger partial charge in [-0.3, -0.25) is 10.0 Å². The van der Waals surface area contributed by atoms with Crippen LogP contribution in [0, 0.1) is 0 Å². The number of alkyl halides is 3.